The Kier molecular flexibility index (Phi) is 9.21. The van der Waals surface area contributed by atoms with Crippen molar-refractivity contribution in [3.05, 3.63) is 59.2 Å². The van der Waals surface area contributed by atoms with Gasteiger partial charge in [0, 0.05) is 18.8 Å². The van der Waals surface area contributed by atoms with Gasteiger partial charge < -0.3 is 14.7 Å². The molecule has 2 fully saturated rings. The molecule has 37 heavy (non-hydrogen) atoms. The number of nitrogens with zero attached hydrogens (tertiary/aromatic N) is 1. The van der Waals surface area contributed by atoms with Crippen LogP contribution in [0.4, 0.5) is 5.69 Å². The lowest BCUT2D eigenvalue weighted by Crippen LogP contribution is -2.36. The molecular weight excluding hydrogens is 458 g/mol. The van der Waals surface area contributed by atoms with Gasteiger partial charge in [-0.2, -0.15) is 0 Å². The summed E-state index contributed by atoms with van der Waals surface area (Å²) in [6.07, 6.45) is 9.49. The SMILES string of the molecule is CCc1ccc(CCCC(C)(C)C)c(N2CCC(COc3cccc(C(CC(=O)O)C4CC4)c3)CC2)c1. The van der Waals surface area contributed by atoms with Gasteiger partial charge in [0.2, 0.25) is 0 Å². The number of carboxylic acid groups (broad SMARTS) is 1. The van der Waals surface area contributed by atoms with E-state index in [9.17, 15) is 9.90 Å². The number of hydrogen-bond donors (Lipinski definition) is 1. The normalized spacial score (nSPS) is 17.6. The molecule has 0 bridgehead atoms. The summed E-state index contributed by atoms with van der Waals surface area (Å²) in [6.45, 7) is 12.1. The number of piperidine rings is 1. The predicted molar refractivity (Wildman–Crippen MR) is 153 cm³/mol. The van der Waals surface area contributed by atoms with Crippen molar-refractivity contribution in [3.63, 3.8) is 0 Å². The molecular formula is C33H47NO3. The lowest BCUT2D eigenvalue weighted by molar-refractivity contribution is -0.137. The minimum atomic E-state index is -0.711. The molecule has 4 heteroatoms. The van der Waals surface area contributed by atoms with Gasteiger partial charge in [-0.05, 0) is 109 Å². The first-order chi connectivity index (χ1) is 17.7. The molecule has 1 unspecified atom stereocenters. The van der Waals surface area contributed by atoms with Crippen molar-refractivity contribution in [2.75, 3.05) is 24.6 Å². The maximum absolute atomic E-state index is 11.4. The van der Waals surface area contributed by atoms with Crippen molar-refractivity contribution in [2.45, 2.75) is 91.4 Å². The molecule has 2 aromatic rings. The number of aryl methyl sites for hydroxylation is 2. The average molecular weight is 506 g/mol. The zero-order valence-corrected chi connectivity index (χ0v) is 23.5. The number of carboxylic acids is 1. The fourth-order valence-electron chi connectivity index (χ4n) is 5.78. The summed E-state index contributed by atoms with van der Waals surface area (Å²) < 4.78 is 6.26. The number of benzene rings is 2. The molecule has 0 spiro atoms. The lowest BCUT2D eigenvalue weighted by Gasteiger charge is -2.35. The van der Waals surface area contributed by atoms with Crippen molar-refractivity contribution in [2.24, 2.45) is 17.3 Å². The molecule has 1 saturated carbocycles. The highest BCUT2D eigenvalue weighted by molar-refractivity contribution is 5.68. The molecule has 1 saturated heterocycles. The predicted octanol–water partition coefficient (Wildman–Crippen LogP) is 7.88. The third kappa shape index (κ3) is 8.25. The van der Waals surface area contributed by atoms with E-state index in [0.717, 1.165) is 69.5 Å². The fourth-order valence-corrected chi connectivity index (χ4v) is 5.78. The minimum absolute atomic E-state index is 0.112. The standard InChI is InChI=1S/C33H47NO3/c1-5-24-11-12-27(9-7-17-33(2,3)4)31(20-24)34-18-15-25(16-19-34)23-37-29-10-6-8-28(21-29)30(22-32(35)36)26-13-14-26/h6,8,10-12,20-21,25-26,30H,5,7,9,13-19,22-23H2,1-4H3,(H,35,36). The topological polar surface area (TPSA) is 49.8 Å². The van der Waals surface area contributed by atoms with E-state index in [1.807, 2.05) is 12.1 Å². The second-order valence-electron chi connectivity index (χ2n) is 12.6. The molecule has 1 atom stereocenters. The number of carbonyl (C=O) groups is 1. The molecule has 1 N–H and O–H groups in total. The van der Waals surface area contributed by atoms with Crippen LogP contribution in [0.5, 0.6) is 5.75 Å². The van der Waals surface area contributed by atoms with Gasteiger partial charge in [0.05, 0.1) is 13.0 Å². The van der Waals surface area contributed by atoms with Gasteiger partial charge in [-0.3, -0.25) is 4.79 Å². The summed E-state index contributed by atoms with van der Waals surface area (Å²) in [5.41, 5.74) is 5.87. The van der Waals surface area contributed by atoms with Crippen LogP contribution in [0.15, 0.2) is 42.5 Å². The Bertz CT molecular complexity index is 1030. The lowest BCUT2D eigenvalue weighted by atomic mass is 9.88. The number of ether oxygens (including phenoxy) is 1. The molecule has 202 valence electrons. The summed E-state index contributed by atoms with van der Waals surface area (Å²) in [6, 6.07) is 15.3. The summed E-state index contributed by atoms with van der Waals surface area (Å²) in [4.78, 5) is 14.0. The first kappa shape index (κ1) is 27.5. The van der Waals surface area contributed by atoms with Gasteiger partial charge in [0.25, 0.3) is 0 Å². The van der Waals surface area contributed by atoms with Gasteiger partial charge in [-0.25, -0.2) is 0 Å². The van der Waals surface area contributed by atoms with Crippen LogP contribution in [0, 0.1) is 17.3 Å². The van der Waals surface area contributed by atoms with E-state index >= 15 is 0 Å². The van der Waals surface area contributed by atoms with E-state index in [2.05, 4.69) is 62.9 Å². The summed E-state index contributed by atoms with van der Waals surface area (Å²) in [5, 5.41) is 9.35. The van der Waals surface area contributed by atoms with Crippen LogP contribution in [-0.2, 0) is 17.6 Å². The van der Waals surface area contributed by atoms with Crippen LogP contribution >= 0.6 is 0 Å². The number of aliphatic carboxylic acids is 1. The van der Waals surface area contributed by atoms with Gasteiger partial charge in [0.15, 0.2) is 0 Å². The van der Waals surface area contributed by atoms with E-state index in [-0.39, 0.29) is 12.3 Å². The van der Waals surface area contributed by atoms with Crippen LogP contribution < -0.4 is 9.64 Å². The van der Waals surface area contributed by atoms with Crippen LogP contribution in [0.1, 0.15) is 95.2 Å². The number of hydrogen-bond acceptors (Lipinski definition) is 3. The molecule has 1 heterocycles. The van der Waals surface area contributed by atoms with E-state index in [1.165, 1.54) is 29.7 Å². The van der Waals surface area contributed by atoms with Crippen LogP contribution in [0.2, 0.25) is 0 Å². The second kappa shape index (κ2) is 12.4. The van der Waals surface area contributed by atoms with Crippen molar-refractivity contribution in [1.82, 2.24) is 0 Å². The van der Waals surface area contributed by atoms with Gasteiger partial charge in [-0.1, -0.05) is 52.0 Å². The third-order valence-electron chi connectivity index (χ3n) is 8.24. The molecule has 0 radical (unpaired) electrons. The van der Waals surface area contributed by atoms with Crippen LogP contribution in [0.3, 0.4) is 0 Å². The van der Waals surface area contributed by atoms with Gasteiger partial charge in [0.1, 0.15) is 5.75 Å². The number of rotatable bonds is 12. The first-order valence-corrected chi connectivity index (χ1v) is 14.5. The monoisotopic (exact) mass is 505 g/mol. The van der Waals surface area contributed by atoms with Gasteiger partial charge >= 0.3 is 5.97 Å². The second-order valence-corrected chi connectivity index (χ2v) is 12.6. The Labute approximate surface area is 224 Å². The maximum atomic E-state index is 11.4. The Balaban J connectivity index is 1.32. The van der Waals surface area contributed by atoms with E-state index in [0.29, 0.717) is 17.3 Å². The zero-order chi connectivity index (χ0) is 26.4. The molecule has 4 nitrogen and oxygen atoms in total. The third-order valence-corrected chi connectivity index (χ3v) is 8.24. The fraction of sp³-hybridized carbons (Fsp3) is 0.606. The highest BCUT2D eigenvalue weighted by atomic mass is 16.5. The Morgan fingerprint density at radius 1 is 1.08 bits per heavy atom. The molecule has 2 aliphatic rings. The molecule has 2 aromatic carbocycles. The van der Waals surface area contributed by atoms with Crippen LogP contribution in [0.25, 0.3) is 0 Å². The molecule has 1 aliphatic heterocycles. The number of anilines is 1. The molecule has 0 amide bonds. The molecule has 0 aromatic heterocycles. The first-order valence-electron chi connectivity index (χ1n) is 14.5. The Morgan fingerprint density at radius 2 is 1.84 bits per heavy atom. The van der Waals surface area contributed by atoms with Crippen molar-refractivity contribution >= 4 is 11.7 Å². The summed E-state index contributed by atoms with van der Waals surface area (Å²) in [5.74, 6) is 1.35. The van der Waals surface area contributed by atoms with Crippen molar-refractivity contribution < 1.29 is 14.6 Å². The zero-order valence-electron chi connectivity index (χ0n) is 23.5. The van der Waals surface area contributed by atoms with Crippen LogP contribution in [-0.4, -0.2) is 30.8 Å². The maximum Gasteiger partial charge on any atom is 0.303 e. The Hall–Kier alpha value is -2.49. The highest BCUT2D eigenvalue weighted by Crippen LogP contribution is 2.45. The van der Waals surface area contributed by atoms with E-state index < -0.39 is 5.97 Å². The van der Waals surface area contributed by atoms with E-state index in [1.54, 1.807) is 0 Å². The smallest absolute Gasteiger partial charge is 0.303 e. The quantitative estimate of drug-likeness (QED) is 0.319. The van der Waals surface area contributed by atoms with E-state index in [4.69, 9.17) is 4.74 Å². The van der Waals surface area contributed by atoms with Crippen molar-refractivity contribution in [3.8, 4) is 5.75 Å². The minimum Gasteiger partial charge on any atom is -0.493 e. The Morgan fingerprint density at radius 3 is 2.49 bits per heavy atom. The summed E-state index contributed by atoms with van der Waals surface area (Å²) >= 11 is 0. The molecule has 1 aliphatic carbocycles. The van der Waals surface area contributed by atoms with Crippen molar-refractivity contribution in [1.29, 1.82) is 0 Å². The van der Waals surface area contributed by atoms with Gasteiger partial charge in [-0.15, -0.1) is 0 Å². The summed E-state index contributed by atoms with van der Waals surface area (Å²) in [7, 11) is 0. The largest absolute Gasteiger partial charge is 0.493 e. The average Bonchev–Trinajstić information content (AvgIpc) is 3.71. The molecule has 4 rings (SSSR count). The highest BCUT2D eigenvalue weighted by Gasteiger charge is 2.34.